The molecule has 0 aromatic rings. The van der Waals surface area contributed by atoms with Gasteiger partial charge in [-0.25, -0.2) is 0 Å². The van der Waals surface area contributed by atoms with E-state index in [1.54, 1.807) is 7.11 Å². The van der Waals surface area contributed by atoms with E-state index in [1.165, 1.54) is 0 Å². The Morgan fingerprint density at radius 2 is 2.20 bits per heavy atom. The highest BCUT2D eigenvalue weighted by Crippen LogP contribution is 2.22. The summed E-state index contributed by atoms with van der Waals surface area (Å²) in [6.45, 7) is 4.60. The van der Waals surface area contributed by atoms with Crippen molar-refractivity contribution in [2.75, 3.05) is 13.7 Å². The molecule has 0 bridgehead atoms. The standard InChI is InChI=1S/C11H22N2O2/c1-4-8(2)12-7-11(14)13-9-5-10(6-9)15-3/h8-10,12H,4-7H2,1-3H3,(H,13,14). The lowest BCUT2D eigenvalue weighted by Crippen LogP contribution is -2.50. The summed E-state index contributed by atoms with van der Waals surface area (Å²) in [6, 6.07) is 0.727. The predicted octanol–water partition coefficient (Wildman–Crippen LogP) is 0.668. The molecule has 1 aliphatic rings. The van der Waals surface area contributed by atoms with Gasteiger partial charge in [0.2, 0.25) is 5.91 Å². The third kappa shape index (κ3) is 4.18. The van der Waals surface area contributed by atoms with Gasteiger partial charge in [-0.15, -0.1) is 0 Å². The number of hydrogen-bond donors (Lipinski definition) is 2. The molecule has 1 atom stereocenters. The average Bonchev–Trinajstić information content (AvgIpc) is 2.19. The first kappa shape index (κ1) is 12.5. The number of ether oxygens (including phenoxy) is 1. The van der Waals surface area contributed by atoms with Crippen molar-refractivity contribution >= 4 is 5.91 Å². The van der Waals surface area contributed by atoms with E-state index >= 15 is 0 Å². The molecule has 0 aromatic carbocycles. The van der Waals surface area contributed by atoms with Crippen LogP contribution in [0.25, 0.3) is 0 Å². The van der Waals surface area contributed by atoms with Gasteiger partial charge in [0.05, 0.1) is 12.6 Å². The molecule has 88 valence electrons. The van der Waals surface area contributed by atoms with Crippen LogP contribution in [0.5, 0.6) is 0 Å². The Balaban J connectivity index is 2.05. The topological polar surface area (TPSA) is 50.4 Å². The monoisotopic (exact) mass is 214 g/mol. The third-order valence-corrected chi connectivity index (χ3v) is 3.02. The molecule has 0 saturated heterocycles. The second-order valence-corrected chi connectivity index (χ2v) is 4.28. The van der Waals surface area contributed by atoms with Gasteiger partial charge >= 0.3 is 0 Å². The van der Waals surface area contributed by atoms with Crippen molar-refractivity contribution in [1.29, 1.82) is 0 Å². The van der Waals surface area contributed by atoms with Crippen LogP contribution in [0, 0.1) is 0 Å². The smallest absolute Gasteiger partial charge is 0.234 e. The van der Waals surface area contributed by atoms with Crippen molar-refractivity contribution in [3.63, 3.8) is 0 Å². The van der Waals surface area contributed by atoms with Gasteiger partial charge in [0.1, 0.15) is 0 Å². The molecule has 0 aliphatic heterocycles. The van der Waals surface area contributed by atoms with Crippen molar-refractivity contribution in [3.05, 3.63) is 0 Å². The highest BCUT2D eigenvalue weighted by Gasteiger charge is 2.29. The first-order valence-electron chi connectivity index (χ1n) is 5.71. The number of amides is 1. The van der Waals surface area contributed by atoms with Crippen molar-refractivity contribution in [3.8, 4) is 0 Å². The fourth-order valence-electron chi connectivity index (χ4n) is 1.57. The van der Waals surface area contributed by atoms with Crippen LogP contribution >= 0.6 is 0 Å². The Hall–Kier alpha value is -0.610. The van der Waals surface area contributed by atoms with Crippen LogP contribution in [0.1, 0.15) is 33.1 Å². The van der Waals surface area contributed by atoms with Gasteiger partial charge < -0.3 is 15.4 Å². The van der Waals surface area contributed by atoms with Crippen LogP contribution < -0.4 is 10.6 Å². The molecule has 1 saturated carbocycles. The molecule has 1 fully saturated rings. The number of carbonyl (C=O) groups is 1. The first-order chi connectivity index (χ1) is 7.15. The minimum absolute atomic E-state index is 0.0925. The zero-order chi connectivity index (χ0) is 11.3. The molecule has 4 nitrogen and oxygen atoms in total. The van der Waals surface area contributed by atoms with Gasteiger partial charge in [-0.1, -0.05) is 6.92 Å². The summed E-state index contributed by atoms with van der Waals surface area (Å²) in [4.78, 5) is 11.4. The number of nitrogens with one attached hydrogen (secondary N) is 2. The molecule has 0 radical (unpaired) electrons. The molecule has 1 amide bonds. The van der Waals surface area contributed by atoms with Crippen LogP contribution in [0.3, 0.4) is 0 Å². The van der Waals surface area contributed by atoms with E-state index in [-0.39, 0.29) is 5.91 Å². The van der Waals surface area contributed by atoms with E-state index in [4.69, 9.17) is 4.74 Å². The Bertz CT molecular complexity index is 203. The average molecular weight is 214 g/mol. The Kier molecular flexibility index (Phi) is 5.05. The fraction of sp³-hybridized carbons (Fsp3) is 0.909. The lowest BCUT2D eigenvalue weighted by atomic mass is 9.89. The van der Waals surface area contributed by atoms with Gasteiger partial charge in [0.25, 0.3) is 0 Å². The van der Waals surface area contributed by atoms with Crippen LogP contribution in [0.15, 0.2) is 0 Å². The van der Waals surface area contributed by atoms with Gasteiger partial charge in [-0.3, -0.25) is 4.79 Å². The highest BCUT2D eigenvalue weighted by molar-refractivity contribution is 5.78. The number of rotatable bonds is 6. The van der Waals surface area contributed by atoms with Crippen molar-refractivity contribution in [1.82, 2.24) is 10.6 Å². The summed E-state index contributed by atoms with van der Waals surface area (Å²) < 4.78 is 5.15. The number of carbonyl (C=O) groups excluding carboxylic acids is 1. The maximum Gasteiger partial charge on any atom is 0.234 e. The van der Waals surface area contributed by atoms with E-state index in [0.29, 0.717) is 24.7 Å². The summed E-state index contributed by atoms with van der Waals surface area (Å²) in [6.07, 6.45) is 3.29. The van der Waals surface area contributed by atoms with E-state index in [9.17, 15) is 4.79 Å². The zero-order valence-electron chi connectivity index (χ0n) is 9.88. The van der Waals surface area contributed by atoms with E-state index < -0.39 is 0 Å². The SMILES string of the molecule is CCC(C)NCC(=O)NC1CC(OC)C1. The summed E-state index contributed by atoms with van der Waals surface area (Å²) in [7, 11) is 1.72. The summed E-state index contributed by atoms with van der Waals surface area (Å²) in [5.41, 5.74) is 0. The van der Waals surface area contributed by atoms with E-state index in [1.807, 2.05) is 0 Å². The van der Waals surface area contributed by atoms with Gasteiger partial charge in [-0.2, -0.15) is 0 Å². The lowest BCUT2D eigenvalue weighted by Gasteiger charge is -2.34. The maximum absolute atomic E-state index is 11.4. The second-order valence-electron chi connectivity index (χ2n) is 4.28. The van der Waals surface area contributed by atoms with Gasteiger partial charge in [-0.05, 0) is 26.2 Å². The third-order valence-electron chi connectivity index (χ3n) is 3.02. The predicted molar refractivity (Wildman–Crippen MR) is 59.7 cm³/mol. The molecule has 1 aliphatic carbocycles. The zero-order valence-corrected chi connectivity index (χ0v) is 9.88. The molecular formula is C11H22N2O2. The molecule has 2 N–H and O–H groups in total. The minimum Gasteiger partial charge on any atom is -0.381 e. The van der Waals surface area contributed by atoms with Gasteiger partial charge in [0, 0.05) is 19.2 Å². The van der Waals surface area contributed by atoms with E-state index in [0.717, 1.165) is 19.3 Å². The van der Waals surface area contributed by atoms with Crippen molar-refractivity contribution < 1.29 is 9.53 Å². The van der Waals surface area contributed by atoms with Crippen LogP contribution in [-0.2, 0) is 9.53 Å². The normalized spacial score (nSPS) is 26.9. The molecule has 15 heavy (non-hydrogen) atoms. The van der Waals surface area contributed by atoms with Crippen LogP contribution in [0.4, 0.5) is 0 Å². The first-order valence-corrected chi connectivity index (χ1v) is 5.71. The molecule has 1 rings (SSSR count). The number of methoxy groups -OCH3 is 1. The summed E-state index contributed by atoms with van der Waals surface area (Å²) >= 11 is 0. The Morgan fingerprint density at radius 3 is 2.73 bits per heavy atom. The molecule has 4 heteroatoms. The molecular weight excluding hydrogens is 192 g/mol. The second kappa shape index (κ2) is 6.08. The summed E-state index contributed by atoms with van der Waals surface area (Å²) in [5, 5.41) is 6.15. The Morgan fingerprint density at radius 1 is 1.53 bits per heavy atom. The molecule has 0 aromatic heterocycles. The van der Waals surface area contributed by atoms with Crippen molar-refractivity contribution in [2.45, 2.75) is 51.3 Å². The quantitative estimate of drug-likeness (QED) is 0.683. The fourth-order valence-corrected chi connectivity index (χ4v) is 1.57. The molecule has 0 spiro atoms. The maximum atomic E-state index is 11.4. The van der Waals surface area contributed by atoms with Crippen LogP contribution in [0.2, 0.25) is 0 Å². The molecule has 0 heterocycles. The van der Waals surface area contributed by atoms with Gasteiger partial charge in [0.15, 0.2) is 0 Å². The highest BCUT2D eigenvalue weighted by atomic mass is 16.5. The van der Waals surface area contributed by atoms with Crippen molar-refractivity contribution in [2.24, 2.45) is 0 Å². The molecule has 1 unspecified atom stereocenters. The minimum atomic E-state index is 0.0925. The van der Waals surface area contributed by atoms with Crippen LogP contribution in [-0.4, -0.2) is 37.7 Å². The largest absolute Gasteiger partial charge is 0.381 e. The summed E-state index contributed by atoms with van der Waals surface area (Å²) in [5.74, 6) is 0.0925. The number of hydrogen-bond acceptors (Lipinski definition) is 3. The lowest BCUT2D eigenvalue weighted by molar-refractivity contribution is -0.122. The Labute approximate surface area is 91.8 Å². The van der Waals surface area contributed by atoms with E-state index in [2.05, 4.69) is 24.5 Å².